The summed E-state index contributed by atoms with van der Waals surface area (Å²) in [6, 6.07) is 16.2. The third-order valence-electron chi connectivity index (χ3n) is 4.58. The zero-order valence-corrected chi connectivity index (χ0v) is 16.4. The van der Waals surface area contributed by atoms with E-state index in [0.29, 0.717) is 19.6 Å². The minimum atomic E-state index is -0.0192. The van der Waals surface area contributed by atoms with E-state index >= 15 is 0 Å². The number of carbonyl (C=O) groups is 1. The van der Waals surface area contributed by atoms with Crippen LogP contribution in [0.15, 0.2) is 61.2 Å². The van der Waals surface area contributed by atoms with Crippen LogP contribution in [0.3, 0.4) is 0 Å². The summed E-state index contributed by atoms with van der Waals surface area (Å²) >= 11 is 0. The highest BCUT2D eigenvalue weighted by molar-refractivity contribution is 5.76. The Hall–Kier alpha value is -3.08. The maximum Gasteiger partial charge on any atom is 0.216 e. The van der Waals surface area contributed by atoms with Gasteiger partial charge < -0.3 is 14.6 Å². The maximum absolute atomic E-state index is 11.1. The molecule has 2 aromatic carbocycles. The predicted octanol–water partition coefficient (Wildman–Crippen LogP) is 3.91. The topological polar surface area (TPSA) is 56.1 Å². The first-order valence-electron chi connectivity index (χ1n) is 9.69. The van der Waals surface area contributed by atoms with Gasteiger partial charge in [0.25, 0.3) is 0 Å². The number of aryl methyl sites for hydroxylation is 1. The molecule has 0 bridgehead atoms. The number of nitrogens with zero attached hydrogens (tertiary/aromatic N) is 2. The van der Waals surface area contributed by atoms with E-state index in [1.807, 2.05) is 42.5 Å². The average molecular weight is 377 g/mol. The first-order chi connectivity index (χ1) is 13.7. The van der Waals surface area contributed by atoms with Crippen LogP contribution in [0.5, 0.6) is 5.75 Å². The molecule has 5 nitrogen and oxygen atoms in total. The molecule has 0 saturated carbocycles. The summed E-state index contributed by atoms with van der Waals surface area (Å²) in [5, 5.41) is 2.85. The van der Waals surface area contributed by atoms with E-state index in [0.717, 1.165) is 47.6 Å². The molecule has 5 heteroatoms. The van der Waals surface area contributed by atoms with Crippen LogP contribution in [-0.4, -0.2) is 28.6 Å². The molecule has 0 radical (unpaired) electrons. The van der Waals surface area contributed by atoms with E-state index in [2.05, 4.69) is 28.6 Å². The van der Waals surface area contributed by atoms with Crippen LogP contribution in [0, 0.1) is 0 Å². The number of allylic oxidation sites excluding steroid dienone is 1. The van der Waals surface area contributed by atoms with Gasteiger partial charge in [-0.05, 0) is 36.6 Å². The van der Waals surface area contributed by atoms with Gasteiger partial charge >= 0.3 is 0 Å². The number of imidazole rings is 1. The third-order valence-corrected chi connectivity index (χ3v) is 4.58. The third kappa shape index (κ3) is 5.00. The van der Waals surface area contributed by atoms with E-state index < -0.39 is 0 Å². The first-order valence-corrected chi connectivity index (χ1v) is 9.69. The largest absolute Gasteiger partial charge is 0.493 e. The second-order valence-electron chi connectivity index (χ2n) is 6.70. The maximum atomic E-state index is 11.1. The molecule has 1 amide bonds. The highest BCUT2D eigenvalue weighted by Crippen LogP contribution is 2.20. The van der Waals surface area contributed by atoms with E-state index in [1.165, 1.54) is 6.92 Å². The average Bonchev–Trinajstić information content (AvgIpc) is 3.04. The number of ether oxygens (including phenoxy) is 1. The fourth-order valence-corrected chi connectivity index (χ4v) is 3.29. The molecule has 0 atom stereocenters. The van der Waals surface area contributed by atoms with Crippen molar-refractivity contribution in [3.63, 3.8) is 0 Å². The molecule has 1 heterocycles. The van der Waals surface area contributed by atoms with Gasteiger partial charge in [-0.25, -0.2) is 4.98 Å². The second kappa shape index (κ2) is 9.74. The van der Waals surface area contributed by atoms with E-state index in [1.54, 1.807) is 0 Å². The molecule has 1 aromatic heterocycles. The van der Waals surface area contributed by atoms with Crippen molar-refractivity contribution < 1.29 is 9.53 Å². The molecular formula is C23H27N3O2. The molecule has 3 aromatic rings. The van der Waals surface area contributed by atoms with Crippen LogP contribution in [0.1, 0.15) is 24.7 Å². The first kappa shape index (κ1) is 19.7. The summed E-state index contributed by atoms with van der Waals surface area (Å²) in [5.74, 6) is 1.89. The Balaban J connectivity index is 1.64. The van der Waals surface area contributed by atoms with Crippen LogP contribution in [-0.2, 0) is 24.2 Å². The zero-order valence-electron chi connectivity index (χ0n) is 16.4. The van der Waals surface area contributed by atoms with Crippen molar-refractivity contribution in [2.24, 2.45) is 0 Å². The summed E-state index contributed by atoms with van der Waals surface area (Å²) in [6.45, 7) is 7.38. The summed E-state index contributed by atoms with van der Waals surface area (Å²) in [5.41, 5.74) is 3.26. The molecule has 146 valence electrons. The quantitative estimate of drug-likeness (QED) is 0.430. The lowest BCUT2D eigenvalue weighted by atomic mass is 10.1. The fourth-order valence-electron chi connectivity index (χ4n) is 3.29. The summed E-state index contributed by atoms with van der Waals surface area (Å²) < 4.78 is 8.25. The SMILES string of the molecule is C=CCc1ccccc1OCCCn1c(CCNC(C)=O)nc2ccccc21. The number of carbonyl (C=O) groups excluding carboxylic acids is 1. The summed E-state index contributed by atoms with van der Waals surface area (Å²) in [7, 11) is 0. The molecule has 0 unspecified atom stereocenters. The summed E-state index contributed by atoms with van der Waals surface area (Å²) in [4.78, 5) is 15.9. The van der Waals surface area contributed by atoms with Gasteiger partial charge in [-0.1, -0.05) is 36.4 Å². The molecule has 28 heavy (non-hydrogen) atoms. The van der Waals surface area contributed by atoms with Crippen LogP contribution >= 0.6 is 0 Å². The van der Waals surface area contributed by atoms with Crippen molar-refractivity contribution in [2.45, 2.75) is 32.7 Å². The van der Waals surface area contributed by atoms with Gasteiger partial charge in [0, 0.05) is 26.4 Å². The smallest absolute Gasteiger partial charge is 0.216 e. The lowest BCUT2D eigenvalue weighted by molar-refractivity contribution is -0.118. The van der Waals surface area contributed by atoms with Gasteiger partial charge in [0.1, 0.15) is 11.6 Å². The molecule has 0 spiro atoms. The predicted molar refractivity (Wildman–Crippen MR) is 113 cm³/mol. The highest BCUT2D eigenvalue weighted by Gasteiger charge is 2.10. The van der Waals surface area contributed by atoms with Crippen molar-refractivity contribution >= 4 is 16.9 Å². The Labute approximate surface area is 166 Å². The Morgan fingerprint density at radius 2 is 2.00 bits per heavy atom. The van der Waals surface area contributed by atoms with E-state index in [-0.39, 0.29) is 5.91 Å². The number of hydrogen-bond acceptors (Lipinski definition) is 3. The number of hydrogen-bond donors (Lipinski definition) is 1. The normalized spacial score (nSPS) is 10.8. The molecule has 0 aliphatic carbocycles. The highest BCUT2D eigenvalue weighted by atomic mass is 16.5. The Morgan fingerprint density at radius 3 is 2.82 bits per heavy atom. The van der Waals surface area contributed by atoms with Crippen LogP contribution in [0.2, 0.25) is 0 Å². The molecule has 0 saturated heterocycles. The van der Waals surface area contributed by atoms with Crippen molar-refractivity contribution in [3.05, 3.63) is 72.6 Å². The Morgan fingerprint density at radius 1 is 1.21 bits per heavy atom. The van der Waals surface area contributed by atoms with Crippen molar-refractivity contribution in [1.82, 2.24) is 14.9 Å². The van der Waals surface area contributed by atoms with E-state index in [9.17, 15) is 4.79 Å². The standard InChI is InChI=1S/C23H27N3O2/c1-3-9-19-10-4-7-13-22(19)28-17-8-16-26-21-12-6-5-11-20(21)25-23(26)14-15-24-18(2)27/h3-7,10-13H,1,8-9,14-17H2,2H3,(H,24,27). The van der Waals surface area contributed by atoms with Crippen molar-refractivity contribution in [2.75, 3.05) is 13.2 Å². The molecule has 3 rings (SSSR count). The molecular weight excluding hydrogens is 350 g/mol. The lowest BCUT2D eigenvalue weighted by Gasteiger charge is -2.12. The van der Waals surface area contributed by atoms with Gasteiger partial charge in [-0.2, -0.15) is 0 Å². The Kier molecular flexibility index (Phi) is 6.84. The van der Waals surface area contributed by atoms with Gasteiger partial charge in [0.15, 0.2) is 0 Å². The minimum Gasteiger partial charge on any atom is -0.493 e. The Bertz CT molecular complexity index is 946. The fraction of sp³-hybridized carbons (Fsp3) is 0.304. The van der Waals surface area contributed by atoms with Crippen molar-refractivity contribution in [1.29, 1.82) is 0 Å². The van der Waals surface area contributed by atoms with Crippen LogP contribution in [0.4, 0.5) is 0 Å². The van der Waals surface area contributed by atoms with Gasteiger partial charge in [0.2, 0.25) is 5.91 Å². The lowest BCUT2D eigenvalue weighted by Crippen LogP contribution is -2.23. The van der Waals surface area contributed by atoms with Crippen LogP contribution in [0.25, 0.3) is 11.0 Å². The number of rotatable bonds is 10. The number of para-hydroxylation sites is 3. The van der Waals surface area contributed by atoms with Crippen LogP contribution < -0.4 is 10.1 Å². The monoisotopic (exact) mass is 377 g/mol. The van der Waals surface area contributed by atoms with Gasteiger partial charge in [-0.15, -0.1) is 6.58 Å². The van der Waals surface area contributed by atoms with Gasteiger partial charge in [0.05, 0.1) is 17.6 Å². The zero-order chi connectivity index (χ0) is 19.8. The number of benzene rings is 2. The molecule has 0 aliphatic heterocycles. The molecule has 0 fully saturated rings. The number of aromatic nitrogens is 2. The minimum absolute atomic E-state index is 0.0192. The molecule has 0 aliphatic rings. The summed E-state index contributed by atoms with van der Waals surface area (Å²) in [6.07, 6.45) is 4.27. The number of fused-ring (bicyclic) bond motifs is 1. The number of amides is 1. The second-order valence-corrected chi connectivity index (χ2v) is 6.70. The molecule has 1 N–H and O–H groups in total. The van der Waals surface area contributed by atoms with Gasteiger partial charge in [-0.3, -0.25) is 4.79 Å². The van der Waals surface area contributed by atoms with Crippen molar-refractivity contribution in [3.8, 4) is 5.75 Å². The van der Waals surface area contributed by atoms with E-state index in [4.69, 9.17) is 9.72 Å². The number of nitrogens with one attached hydrogen (secondary N) is 1.